The predicted octanol–water partition coefficient (Wildman–Crippen LogP) is 4.21. The Morgan fingerprint density at radius 1 is 1.08 bits per heavy atom. The molecule has 36 heavy (non-hydrogen) atoms. The lowest BCUT2D eigenvalue weighted by atomic mass is 10.1. The zero-order valence-electron chi connectivity index (χ0n) is 20.3. The molecular formula is C26H25FN8O. The quantitative estimate of drug-likeness (QED) is 0.424. The lowest BCUT2D eigenvalue weighted by molar-refractivity contribution is -0.0178. The van der Waals surface area contributed by atoms with Crippen LogP contribution in [0.3, 0.4) is 0 Å². The number of rotatable bonds is 4. The Kier molecular flexibility index (Phi) is 5.38. The largest absolute Gasteiger partial charge is 0.367 e. The average Bonchev–Trinajstić information content (AvgIpc) is 3.60. The zero-order chi connectivity index (χ0) is 25.0. The molecule has 10 heteroatoms. The van der Waals surface area contributed by atoms with E-state index in [-0.39, 0.29) is 23.3 Å². The van der Waals surface area contributed by atoms with Crippen molar-refractivity contribution in [2.45, 2.75) is 51.9 Å². The molecule has 2 fully saturated rings. The molecule has 6 rings (SSSR count). The second-order valence-electron chi connectivity index (χ2n) is 9.57. The highest BCUT2D eigenvalue weighted by molar-refractivity contribution is 5.88. The number of halogens is 1. The lowest BCUT2D eigenvalue weighted by Crippen LogP contribution is -2.43. The number of aryl methyl sites for hydroxylation is 2. The summed E-state index contributed by atoms with van der Waals surface area (Å²) in [6.07, 6.45) is 5.99. The number of fused-ring (bicyclic) bond motifs is 1. The Bertz CT molecular complexity index is 1520. The van der Waals surface area contributed by atoms with Crippen molar-refractivity contribution in [1.82, 2.24) is 29.7 Å². The highest BCUT2D eigenvalue weighted by atomic mass is 19.1. The number of morpholine rings is 1. The van der Waals surface area contributed by atoms with Gasteiger partial charge < -0.3 is 9.64 Å². The molecule has 3 aromatic heterocycles. The third-order valence-electron chi connectivity index (χ3n) is 6.74. The highest BCUT2D eigenvalue weighted by Crippen LogP contribution is 2.36. The molecule has 0 radical (unpaired) electrons. The average molecular weight is 485 g/mol. The number of nitriles is 1. The van der Waals surface area contributed by atoms with Crippen molar-refractivity contribution >= 4 is 17.1 Å². The van der Waals surface area contributed by atoms with E-state index in [1.54, 1.807) is 12.1 Å². The van der Waals surface area contributed by atoms with Crippen molar-refractivity contribution in [2.24, 2.45) is 0 Å². The number of benzene rings is 1. The number of ether oxygens (including phenoxy) is 1. The van der Waals surface area contributed by atoms with Gasteiger partial charge in [0.25, 0.3) is 0 Å². The van der Waals surface area contributed by atoms with Crippen LogP contribution in [0.4, 0.5) is 10.3 Å². The zero-order valence-corrected chi connectivity index (χ0v) is 20.3. The third-order valence-corrected chi connectivity index (χ3v) is 6.74. The van der Waals surface area contributed by atoms with E-state index in [1.165, 1.54) is 6.07 Å². The number of anilines is 1. The fraction of sp³-hybridized carbons (Fsp3) is 0.385. The molecule has 1 saturated heterocycles. The molecule has 2 atom stereocenters. The summed E-state index contributed by atoms with van der Waals surface area (Å²) in [6, 6.07) is 6.81. The van der Waals surface area contributed by atoms with Crippen LogP contribution in [-0.2, 0) is 4.74 Å². The normalized spacial score (nSPS) is 20.0. The fourth-order valence-electron chi connectivity index (χ4n) is 4.56. The number of nitrogens with zero attached hydrogens (tertiary/aromatic N) is 8. The Balaban J connectivity index is 1.43. The van der Waals surface area contributed by atoms with E-state index in [0.29, 0.717) is 41.9 Å². The first-order chi connectivity index (χ1) is 17.4. The first-order valence-corrected chi connectivity index (χ1v) is 12.1. The van der Waals surface area contributed by atoms with E-state index in [1.807, 2.05) is 37.7 Å². The van der Waals surface area contributed by atoms with E-state index in [4.69, 9.17) is 20.0 Å². The van der Waals surface area contributed by atoms with Gasteiger partial charge in [0.05, 0.1) is 47.9 Å². The molecule has 1 aliphatic carbocycles. The molecule has 4 heterocycles. The maximum absolute atomic E-state index is 15.1. The second-order valence-corrected chi connectivity index (χ2v) is 9.57. The van der Waals surface area contributed by atoms with E-state index < -0.39 is 5.82 Å². The number of hydrogen-bond donors (Lipinski definition) is 0. The molecule has 2 aliphatic rings. The number of hydrogen-bond acceptors (Lipinski definition) is 8. The molecule has 4 aromatic rings. The number of aromatic nitrogens is 6. The smallest absolute Gasteiger partial charge is 0.228 e. The van der Waals surface area contributed by atoms with Gasteiger partial charge in [0.15, 0.2) is 5.65 Å². The predicted molar refractivity (Wildman–Crippen MR) is 131 cm³/mol. The molecule has 1 saturated carbocycles. The summed E-state index contributed by atoms with van der Waals surface area (Å²) < 4.78 is 23.4. The van der Waals surface area contributed by atoms with E-state index >= 15 is 4.39 Å². The standard InChI is InChI=1S/C26H25FN8O/c1-14-11-34(13-22(36-14)18-10-29-35(12-18)19-5-6-19)26-32-23(20-7-4-17(9-28)8-21(20)27)24-25(33-26)31-16(3)15(2)30-24/h4,7-8,10,12,14,19,22H,5-6,11,13H2,1-3H3/t14-,22-/m1/s1. The minimum absolute atomic E-state index is 0.0757. The summed E-state index contributed by atoms with van der Waals surface area (Å²) >= 11 is 0. The van der Waals surface area contributed by atoms with Gasteiger partial charge in [0.2, 0.25) is 5.95 Å². The van der Waals surface area contributed by atoms with Crippen LogP contribution in [0.15, 0.2) is 30.6 Å². The molecule has 182 valence electrons. The van der Waals surface area contributed by atoms with Crippen LogP contribution < -0.4 is 4.90 Å². The van der Waals surface area contributed by atoms with Gasteiger partial charge in [-0.05, 0) is 51.8 Å². The van der Waals surface area contributed by atoms with Crippen LogP contribution in [0.2, 0.25) is 0 Å². The van der Waals surface area contributed by atoms with Gasteiger partial charge in [-0.3, -0.25) is 4.68 Å². The van der Waals surface area contributed by atoms with E-state index in [2.05, 4.69) is 26.2 Å². The first-order valence-electron chi connectivity index (χ1n) is 12.1. The van der Waals surface area contributed by atoms with Crippen molar-refractivity contribution in [3.63, 3.8) is 0 Å². The van der Waals surface area contributed by atoms with Gasteiger partial charge in [-0.2, -0.15) is 15.3 Å². The Labute approximate surface area is 207 Å². The topological polar surface area (TPSA) is 106 Å². The van der Waals surface area contributed by atoms with Gasteiger partial charge in [-0.15, -0.1) is 0 Å². The molecular weight excluding hydrogens is 459 g/mol. The summed E-state index contributed by atoms with van der Waals surface area (Å²) in [5, 5.41) is 13.7. The Hall–Kier alpha value is -3.97. The molecule has 0 bridgehead atoms. The van der Waals surface area contributed by atoms with Crippen LogP contribution in [0.25, 0.3) is 22.4 Å². The monoisotopic (exact) mass is 484 g/mol. The molecule has 0 N–H and O–H groups in total. The van der Waals surface area contributed by atoms with E-state index in [9.17, 15) is 0 Å². The maximum Gasteiger partial charge on any atom is 0.228 e. The maximum atomic E-state index is 15.1. The van der Waals surface area contributed by atoms with Gasteiger partial charge >= 0.3 is 0 Å². The van der Waals surface area contributed by atoms with Crippen molar-refractivity contribution in [3.05, 3.63) is 58.9 Å². The SMILES string of the molecule is Cc1nc2nc(N3C[C@@H](C)O[C@@H](c4cnn(C5CC5)c4)C3)nc(-c3ccc(C#N)cc3F)c2nc1C. The van der Waals surface area contributed by atoms with Crippen LogP contribution >= 0.6 is 0 Å². The van der Waals surface area contributed by atoms with Crippen molar-refractivity contribution in [3.8, 4) is 17.3 Å². The van der Waals surface area contributed by atoms with Crippen molar-refractivity contribution in [1.29, 1.82) is 5.26 Å². The second kappa shape index (κ2) is 8.60. The van der Waals surface area contributed by atoms with Crippen molar-refractivity contribution in [2.75, 3.05) is 18.0 Å². The van der Waals surface area contributed by atoms with Crippen LogP contribution in [0.5, 0.6) is 0 Å². The molecule has 0 amide bonds. The third kappa shape index (κ3) is 4.05. The molecule has 1 aromatic carbocycles. The van der Waals surface area contributed by atoms with Gasteiger partial charge in [0.1, 0.15) is 23.1 Å². The summed E-state index contributed by atoms with van der Waals surface area (Å²) in [5.41, 5.74) is 4.16. The Morgan fingerprint density at radius 3 is 2.64 bits per heavy atom. The van der Waals surface area contributed by atoms with Crippen LogP contribution in [0.1, 0.15) is 54.4 Å². The molecule has 1 aliphatic heterocycles. The van der Waals surface area contributed by atoms with Gasteiger partial charge in [-0.25, -0.2) is 19.3 Å². The van der Waals surface area contributed by atoms with Gasteiger partial charge in [0, 0.05) is 23.9 Å². The van der Waals surface area contributed by atoms with Crippen molar-refractivity contribution < 1.29 is 9.13 Å². The minimum atomic E-state index is -0.541. The minimum Gasteiger partial charge on any atom is -0.367 e. The summed E-state index contributed by atoms with van der Waals surface area (Å²) in [4.78, 5) is 20.9. The summed E-state index contributed by atoms with van der Waals surface area (Å²) in [5.74, 6) is -0.103. The highest BCUT2D eigenvalue weighted by Gasteiger charge is 2.32. The summed E-state index contributed by atoms with van der Waals surface area (Å²) in [6.45, 7) is 6.84. The first kappa shape index (κ1) is 22.5. The van der Waals surface area contributed by atoms with Crippen LogP contribution in [-0.4, -0.2) is 48.9 Å². The fourth-order valence-corrected chi connectivity index (χ4v) is 4.56. The lowest BCUT2D eigenvalue weighted by Gasteiger charge is -2.36. The molecule has 9 nitrogen and oxygen atoms in total. The molecule has 0 spiro atoms. The Morgan fingerprint density at radius 2 is 1.89 bits per heavy atom. The van der Waals surface area contributed by atoms with Crippen LogP contribution in [0, 0.1) is 31.0 Å². The molecule has 0 unspecified atom stereocenters. The van der Waals surface area contributed by atoms with E-state index in [0.717, 1.165) is 29.8 Å². The summed E-state index contributed by atoms with van der Waals surface area (Å²) in [7, 11) is 0. The van der Waals surface area contributed by atoms with Gasteiger partial charge in [-0.1, -0.05) is 0 Å².